The highest BCUT2D eigenvalue weighted by atomic mass is 16.7. The van der Waals surface area contributed by atoms with Crippen LogP contribution in [0.3, 0.4) is 0 Å². The topological polar surface area (TPSA) is 48.7 Å². The van der Waals surface area contributed by atoms with E-state index in [0.717, 1.165) is 25.9 Å². The Morgan fingerprint density at radius 1 is 1.50 bits per heavy atom. The van der Waals surface area contributed by atoms with E-state index in [9.17, 15) is 4.79 Å². The Labute approximate surface area is 94.2 Å². The number of rotatable bonds is 3. The van der Waals surface area contributed by atoms with E-state index >= 15 is 0 Å². The van der Waals surface area contributed by atoms with Gasteiger partial charge in [0.25, 0.3) is 0 Å². The zero-order valence-electron chi connectivity index (χ0n) is 8.98. The summed E-state index contributed by atoms with van der Waals surface area (Å²) in [5.41, 5.74) is -0.132. The molecule has 1 aromatic heterocycles. The lowest BCUT2D eigenvalue weighted by atomic mass is 10.2. The van der Waals surface area contributed by atoms with Gasteiger partial charge in [0.1, 0.15) is 12.4 Å². The summed E-state index contributed by atoms with van der Waals surface area (Å²) in [5.74, 6) is 0.466. The van der Waals surface area contributed by atoms with E-state index in [2.05, 4.69) is 0 Å². The molecule has 0 aromatic carbocycles. The minimum atomic E-state index is -0.241. The van der Waals surface area contributed by atoms with Crippen molar-refractivity contribution >= 4 is 0 Å². The Morgan fingerprint density at radius 3 is 3.06 bits per heavy atom. The molecule has 1 aliphatic rings. The van der Waals surface area contributed by atoms with Gasteiger partial charge in [0, 0.05) is 25.2 Å². The molecule has 0 amide bonds. The lowest BCUT2D eigenvalue weighted by molar-refractivity contribution is -0.171. The van der Waals surface area contributed by atoms with Crippen LogP contribution in [0, 0.1) is 6.92 Å². The normalized spacial score (nSPS) is 20.9. The van der Waals surface area contributed by atoms with Crippen LogP contribution in [0.4, 0.5) is 0 Å². The molecule has 0 bridgehead atoms. The van der Waals surface area contributed by atoms with Crippen molar-refractivity contribution < 1.29 is 13.9 Å². The van der Waals surface area contributed by atoms with Gasteiger partial charge in [0.15, 0.2) is 11.7 Å². The Balaban J connectivity index is 1.88. The smallest absolute Gasteiger partial charge is 0.188 e. The van der Waals surface area contributed by atoms with Gasteiger partial charge in [-0.1, -0.05) is 0 Å². The van der Waals surface area contributed by atoms with Crippen LogP contribution in [0.15, 0.2) is 21.5 Å². The Kier molecular flexibility index (Phi) is 3.74. The van der Waals surface area contributed by atoms with Crippen LogP contribution in [-0.2, 0) is 16.1 Å². The fraction of sp³-hybridized carbons (Fsp3) is 0.500. The van der Waals surface area contributed by atoms with E-state index < -0.39 is 0 Å². The first-order valence-electron chi connectivity index (χ1n) is 5.36. The summed E-state index contributed by atoms with van der Waals surface area (Å²) in [7, 11) is 0. The van der Waals surface area contributed by atoms with Crippen LogP contribution in [0.2, 0.25) is 0 Å². The highest BCUT2D eigenvalue weighted by Crippen LogP contribution is 2.15. The van der Waals surface area contributed by atoms with Crippen molar-refractivity contribution in [3.05, 3.63) is 40.8 Å². The van der Waals surface area contributed by atoms with Gasteiger partial charge in [-0.3, -0.25) is 4.79 Å². The van der Waals surface area contributed by atoms with E-state index in [4.69, 9.17) is 20.8 Å². The summed E-state index contributed by atoms with van der Waals surface area (Å²) >= 11 is 0. The van der Waals surface area contributed by atoms with Crippen molar-refractivity contribution in [2.75, 3.05) is 6.61 Å². The van der Waals surface area contributed by atoms with Gasteiger partial charge in [-0.25, -0.2) is 0 Å². The van der Waals surface area contributed by atoms with Crippen molar-refractivity contribution in [1.82, 2.24) is 0 Å². The van der Waals surface area contributed by atoms with Gasteiger partial charge in [-0.15, -0.1) is 0 Å². The highest BCUT2D eigenvalue weighted by molar-refractivity contribution is 5.13. The van der Waals surface area contributed by atoms with Crippen LogP contribution < -0.4 is 5.43 Å². The minimum absolute atomic E-state index is 0.109. The minimum Gasteiger partial charge on any atom is -0.466 e. The van der Waals surface area contributed by atoms with Gasteiger partial charge in [0.05, 0.1) is 6.26 Å². The molecule has 0 spiro atoms. The molecule has 86 valence electrons. The first-order valence-corrected chi connectivity index (χ1v) is 5.36. The quantitative estimate of drug-likeness (QED) is 0.781. The molecule has 0 N–H and O–H groups in total. The van der Waals surface area contributed by atoms with Crippen LogP contribution in [0.25, 0.3) is 0 Å². The molecule has 1 saturated heterocycles. The summed E-state index contributed by atoms with van der Waals surface area (Å²) in [4.78, 5) is 11.2. The molecule has 1 atom stereocenters. The lowest BCUT2D eigenvalue weighted by Gasteiger charge is -2.22. The maximum absolute atomic E-state index is 11.2. The fourth-order valence-electron chi connectivity index (χ4n) is 1.55. The highest BCUT2D eigenvalue weighted by Gasteiger charge is 2.14. The predicted molar refractivity (Wildman–Crippen MR) is 56.8 cm³/mol. The SMILES string of the molecule is [CH]c1coc(COC2CCCCO2)cc1=O. The fourth-order valence-corrected chi connectivity index (χ4v) is 1.55. The second-order valence-corrected chi connectivity index (χ2v) is 3.77. The van der Waals surface area contributed by atoms with Gasteiger partial charge in [0.2, 0.25) is 0 Å². The summed E-state index contributed by atoms with van der Waals surface area (Å²) in [5, 5.41) is 0. The van der Waals surface area contributed by atoms with E-state index in [1.807, 2.05) is 0 Å². The standard InChI is InChI=1S/C12H14O4/c1-9-7-15-10(6-11(9)13)8-16-12-4-2-3-5-14-12/h1,6-7,12H,2-5,8H2. The van der Waals surface area contributed by atoms with Crippen LogP contribution >= 0.6 is 0 Å². The van der Waals surface area contributed by atoms with E-state index in [0.29, 0.717) is 5.76 Å². The maximum Gasteiger partial charge on any atom is 0.188 e. The van der Waals surface area contributed by atoms with Crippen molar-refractivity contribution in [2.24, 2.45) is 0 Å². The van der Waals surface area contributed by atoms with E-state index in [-0.39, 0.29) is 23.9 Å². The summed E-state index contributed by atoms with van der Waals surface area (Å²) < 4.78 is 16.0. The number of hydrogen-bond acceptors (Lipinski definition) is 4. The second-order valence-electron chi connectivity index (χ2n) is 3.77. The van der Waals surface area contributed by atoms with Crippen molar-refractivity contribution in [1.29, 1.82) is 0 Å². The summed E-state index contributed by atoms with van der Waals surface area (Å²) in [6.45, 7) is 6.32. The lowest BCUT2D eigenvalue weighted by Crippen LogP contribution is -2.22. The second kappa shape index (κ2) is 5.27. The molecule has 4 heteroatoms. The summed E-state index contributed by atoms with van der Waals surface area (Å²) in [6.07, 6.45) is 4.13. The Morgan fingerprint density at radius 2 is 2.38 bits per heavy atom. The van der Waals surface area contributed by atoms with Crippen molar-refractivity contribution in [3.8, 4) is 0 Å². The monoisotopic (exact) mass is 222 g/mol. The third-order valence-electron chi connectivity index (χ3n) is 2.46. The maximum atomic E-state index is 11.2. The largest absolute Gasteiger partial charge is 0.466 e. The molecule has 16 heavy (non-hydrogen) atoms. The molecular formula is C12H14O4. The molecule has 2 radical (unpaired) electrons. The number of hydrogen-bond donors (Lipinski definition) is 0. The first-order chi connectivity index (χ1) is 7.75. The average Bonchev–Trinajstić information content (AvgIpc) is 2.32. The van der Waals surface area contributed by atoms with Gasteiger partial charge >= 0.3 is 0 Å². The predicted octanol–water partition coefficient (Wildman–Crippen LogP) is 1.74. The molecule has 1 aromatic rings. The number of ether oxygens (including phenoxy) is 2. The zero-order chi connectivity index (χ0) is 11.4. The molecule has 4 nitrogen and oxygen atoms in total. The average molecular weight is 222 g/mol. The van der Waals surface area contributed by atoms with Crippen LogP contribution in [-0.4, -0.2) is 12.9 Å². The first kappa shape index (κ1) is 11.4. The Bertz CT molecular complexity index is 390. The van der Waals surface area contributed by atoms with Crippen molar-refractivity contribution in [3.63, 3.8) is 0 Å². The van der Waals surface area contributed by atoms with Crippen molar-refractivity contribution in [2.45, 2.75) is 32.2 Å². The molecular weight excluding hydrogens is 208 g/mol. The molecule has 0 saturated carbocycles. The summed E-state index contributed by atoms with van der Waals surface area (Å²) in [6, 6.07) is 1.35. The molecule has 2 heterocycles. The van der Waals surface area contributed by atoms with Crippen LogP contribution in [0.5, 0.6) is 0 Å². The third kappa shape index (κ3) is 2.93. The molecule has 1 aliphatic heterocycles. The Hall–Kier alpha value is -1.13. The van der Waals surface area contributed by atoms with Gasteiger partial charge in [-0.05, 0) is 19.3 Å². The molecule has 1 fully saturated rings. The third-order valence-corrected chi connectivity index (χ3v) is 2.46. The van der Waals surface area contributed by atoms with E-state index in [1.54, 1.807) is 0 Å². The molecule has 2 rings (SSSR count). The van der Waals surface area contributed by atoms with E-state index in [1.165, 1.54) is 12.3 Å². The van der Waals surface area contributed by atoms with Crippen LogP contribution in [0.1, 0.15) is 30.6 Å². The van der Waals surface area contributed by atoms with Gasteiger partial charge in [-0.2, -0.15) is 0 Å². The van der Waals surface area contributed by atoms with Gasteiger partial charge < -0.3 is 13.9 Å². The molecule has 1 unspecified atom stereocenters. The zero-order valence-corrected chi connectivity index (χ0v) is 8.98. The molecule has 0 aliphatic carbocycles.